The quantitative estimate of drug-likeness (QED) is 0.359. The van der Waals surface area contributed by atoms with Crippen LogP contribution in [0.25, 0.3) is 0 Å². The van der Waals surface area contributed by atoms with E-state index in [1.54, 1.807) is 18.4 Å². The van der Waals surface area contributed by atoms with Crippen LogP contribution in [0.4, 0.5) is 5.69 Å². The van der Waals surface area contributed by atoms with Crippen molar-refractivity contribution in [1.29, 1.82) is 0 Å². The molecule has 6 nitrogen and oxygen atoms in total. The van der Waals surface area contributed by atoms with Gasteiger partial charge in [-0.2, -0.15) is 0 Å². The molecule has 0 amide bonds. The predicted molar refractivity (Wildman–Crippen MR) is 115 cm³/mol. The van der Waals surface area contributed by atoms with Crippen LogP contribution in [-0.2, 0) is 6.54 Å². The smallest absolute Gasteiger partial charge is 0.196 e. The van der Waals surface area contributed by atoms with Crippen molar-refractivity contribution >= 4 is 47.0 Å². The highest BCUT2D eigenvalue weighted by Gasteiger charge is 2.07. The molecule has 0 unspecified atom stereocenters. The minimum Gasteiger partial charge on any atom is -0.493 e. The first-order valence-corrected chi connectivity index (χ1v) is 8.81. The summed E-state index contributed by atoms with van der Waals surface area (Å²) >= 11 is 1.62. The van der Waals surface area contributed by atoms with Gasteiger partial charge in [0, 0.05) is 23.2 Å². The third kappa shape index (κ3) is 6.35. The molecule has 2 rings (SSSR count). The highest BCUT2D eigenvalue weighted by molar-refractivity contribution is 14.0. The molecule has 0 fully saturated rings. The highest BCUT2D eigenvalue weighted by atomic mass is 127. The van der Waals surface area contributed by atoms with Crippen LogP contribution in [0, 0.1) is 6.92 Å². The van der Waals surface area contributed by atoms with Gasteiger partial charge in [-0.05, 0) is 32.9 Å². The van der Waals surface area contributed by atoms with E-state index in [2.05, 4.69) is 20.6 Å². The summed E-state index contributed by atoms with van der Waals surface area (Å²) in [6, 6.07) is 5.73. The van der Waals surface area contributed by atoms with Crippen LogP contribution < -0.4 is 20.1 Å². The number of guanidine groups is 1. The number of aliphatic imine (C=N–C) groups is 1. The van der Waals surface area contributed by atoms with E-state index < -0.39 is 0 Å². The van der Waals surface area contributed by atoms with Crippen molar-refractivity contribution in [2.75, 3.05) is 25.6 Å². The number of anilines is 1. The number of benzene rings is 1. The number of aromatic nitrogens is 1. The molecule has 1 aromatic carbocycles. The normalized spacial score (nSPS) is 10.8. The number of thiazole rings is 1. The first kappa shape index (κ1) is 21.5. The molecule has 0 atom stereocenters. The van der Waals surface area contributed by atoms with Crippen LogP contribution in [0.1, 0.15) is 24.4 Å². The maximum Gasteiger partial charge on any atom is 0.196 e. The summed E-state index contributed by atoms with van der Waals surface area (Å²) in [7, 11) is 1.63. The molecule has 0 bridgehead atoms. The van der Waals surface area contributed by atoms with Crippen molar-refractivity contribution in [2.24, 2.45) is 4.99 Å². The molecule has 138 valence electrons. The number of aryl methyl sites for hydroxylation is 1. The van der Waals surface area contributed by atoms with E-state index in [0.29, 0.717) is 18.9 Å². The fourth-order valence-electron chi connectivity index (χ4n) is 2.09. The first-order valence-electron chi connectivity index (χ1n) is 7.93. The molecule has 0 saturated heterocycles. The largest absolute Gasteiger partial charge is 0.493 e. The molecule has 0 spiro atoms. The van der Waals surface area contributed by atoms with E-state index in [4.69, 9.17) is 9.47 Å². The van der Waals surface area contributed by atoms with Crippen molar-refractivity contribution in [3.8, 4) is 11.5 Å². The molecule has 2 aromatic rings. The number of halogens is 1. The lowest BCUT2D eigenvalue weighted by atomic mass is 10.2. The van der Waals surface area contributed by atoms with Gasteiger partial charge in [-0.1, -0.05) is 0 Å². The van der Waals surface area contributed by atoms with Gasteiger partial charge < -0.3 is 20.1 Å². The molecule has 1 aromatic heterocycles. The van der Waals surface area contributed by atoms with Gasteiger partial charge in [0.2, 0.25) is 0 Å². The average Bonchev–Trinajstić information content (AvgIpc) is 2.99. The number of nitrogens with one attached hydrogen (secondary N) is 2. The zero-order valence-electron chi connectivity index (χ0n) is 15.0. The summed E-state index contributed by atoms with van der Waals surface area (Å²) in [5.41, 5.74) is 3.76. The monoisotopic (exact) mass is 476 g/mol. The Labute approximate surface area is 170 Å². The molecule has 0 radical (unpaired) electrons. The van der Waals surface area contributed by atoms with E-state index in [1.165, 1.54) is 0 Å². The zero-order chi connectivity index (χ0) is 17.4. The highest BCUT2D eigenvalue weighted by Crippen LogP contribution is 2.30. The summed E-state index contributed by atoms with van der Waals surface area (Å²) in [5.74, 6) is 2.14. The summed E-state index contributed by atoms with van der Waals surface area (Å²) in [4.78, 5) is 10.0. The molecule has 25 heavy (non-hydrogen) atoms. The Morgan fingerprint density at radius 3 is 2.68 bits per heavy atom. The van der Waals surface area contributed by atoms with Crippen molar-refractivity contribution in [2.45, 2.75) is 27.3 Å². The van der Waals surface area contributed by atoms with Crippen LogP contribution >= 0.6 is 35.3 Å². The Balaban J connectivity index is 0.00000312. The van der Waals surface area contributed by atoms with E-state index in [1.807, 2.05) is 44.5 Å². The maximum atomic E-state index is 5.54. The third-order valence-corrected chi connectivity index (χ3v) is 4.22. The Morgan fingerprint density at radius 1 is 1.28 bits per heavy atom. The average molecular weight is 476 g/mol. The second-order valence-corrected chi connectivity index (χ2v) is 5.92. The van der Waals surface area contributed by atoms with Gasteiger partial charge >= 0.3 is 0 Å². The third-order valence-electron chi connectivity index (χ3n) is 3.30. The summed E-state index contributed by atoms with van der Waals surface area (Å²) in [6.07, 6.45) is 0. The Hall–Kier alpha value is -1.55. The van der Waals surface area contributed by atoms with E-state index in [0.717, 1.165) is 34.5 Å². The van der Waals surface area contributed by atoms with Crippen molar-refractivity contribution in [3.05, 3.63) is 34.3 Å². The number of rotatable bonds is 7. The van der Waals surface area contributed by atoms with Crippen molar-refractivity contribution in [1.82, 2.24) is 10.3 Å². The number of methoxy groups -OCH3 is 1. The van der Waals surface area contributed by atoms with Gasteiger partial charge in [-0.3, -0.25) is 0 Å². The standard InChI is InChI=1S/C17H24N4O2S.HI/c1-5-18-17(19-10-16-12(3)20-11-24-16)21-13-7-8-14(23-6-2)15(9-13)22-4;/h7-9,11H,5-6,10H2,1-4H3,(H2,18,19,21);1H. The lowest BCUT2D eigenvalue weighted by Crippen LogP contribution is -2.30. The molecule has 1 heterocycles. The van der Waals surface area contributed by atoms with Crippen LogP contribution in [0.2, 0.25) is 0 Å². The minimum absolute atomic E-state index is 0. The molecular formula is C17H25IN4O2S. The van der Waals surface area contributed by atoms with Gasteiger partial charge in [0.05, 0.1) is 31.5 Å². The van der Waals surface area contributed by atoms with Crippen LogP contribution in [-0.4, -0.2) is 31.2 Å². The summed E-state index contributed by atoms with van der Waals surface area (Å²) in [5, 5.41) is 6.53. The predicted octanol–water partition coefficient (Wildman–Crippen LogP) is 4.05. The van der Waals surface area contributed by atoms with Gasteiger partial charge in [0.25, 0.3) is 0 Å². The van der Waals surface area contributed by atoms with Crippen LogP contribution in [0.15, 0.2) is 28.7 Å². The number of ether oxygens (including phenoxy) is 2. The topological polar surface area (TPSA) is 67.8 Å². The van der Waals surface area contributed by atoms with Gasteiger partial charge in [-0.25, -0.2) is 9.98 Å². The van der Waals surface area contributed by atoms with Crippen molar-refractivity contribution < 1.29 is 9.47 Å². The summed E-state index contributed by atoms with van der Waals surface area (Å²) < 4.78 is 10.9. The van der Waals surface area contributed by atoms with Crippen molar-refractivity contribution in [3.63, 3.8) is 0 Å². The number of nitrogens with zero attached hydrogens (tertiary/aromatic N) is 2. The molecule has 0 aliphatic carbocycles. The Kier molecular flexibility index (Phi) is 9.58. The van der Waals surface area contributed by atoms with E-state index in [-0.39, 0.29) is 24.0 Å². The lowest BCUT2D eigenvalue weighted by Gasteiger charge is -2.14. The number of hydrogen-bond donors (Lipinski definition) is 2. The fourth-order valence-corrected chi connectivity index (χ4v) is 2.79. The van der Waals surface area contributed by atoms with Gasteiger partial charge in [-0.15, -0.1) is 35.3 Å². The fraction of sp³-hybridized carbons (Fsp3) is 0.412. The SMILES string of the molecule is CCNC(=NCc1scnc1C)Nc1ccc(OCC)c(OC)c1.I. The second kappa shape index (κ2) is 11.1. The van der Waals surface area contributed by atoms with Crippen LogP contribution in [0.5, 0.6) is 11.5 Å². The van der Waals surface area contributed by atoms with E-state index in [9.17, 15) is 0 Å². The maximum absolute atomic E-state index is 5.54. The first-order chi connectivity index (χ1) is 11.7. The Bertz CT molecular complexity index is 691. The molecule has 0 saturated carbocycles. The molecule has 2 N–H and O–H groups in total. The minimum atomic E-state index is 0. The zero-order valence-corrected chi connectivity index (χ0v) is 18.1. The summed E-state index contributed by atoms with van der Waals surface area (Å²) in [6.45, 7) is 7.96. The molecular weight excluding hydrogens is 451 g/mol. The second-order valence-electron chi connectivity index (χ2n) is 4.98. The lowest BCUT2D eigenvalue weighted by molar-refractivity contribution is 0.311. The molecule has 0 aliphatic rings. The Morgan fingerprint density at radius 2 is 2.08 bits per heavy atom. The van der Waals surface area contributed by atoms with Crippen LogP contribution in [0.3, 0.4) is 0 Å². The van der Waals surface area contributed by atoms with Gasteiger partial charge in [0.1, 0.15) is 0 Å². The number of hydrogen-bond acceptors (Lipinski definition) is 5. The van der Waals surface area contributed by atoms with E-state index >= 15 is 0 Å². The molecule has 8 heteroatoms. The molecule has 0 aliphatic heterocycles. The van der Waals surface area contributed by atoms with Gasteiger partial charge in [0.15, 0.2) is 17.5 Å².